The zero-order valence-corrected chi connectivity index (χ0v) is 13.9. The fraction of sp³-hybridized carbons (Fsp3) is 0. The van der Waals surface area contributed by atoms with Crippen LogP contribution in [-0.4, -0.2) is 25.8 Å². The SMILES string of the molecule is O=C(Nc1cnc2nc(-c3ccccc3)[nH]c2c1)c1cccc([N+](=O)[O-])c1. The summed E-state index contributed by atoms with van der Waals surface area (Å²) in [5.74, 6) is 0.225. The molecule has 4 rings (SSSR count). The van der Waals surface area contributed by atoms with Gasteiger partial charge in [0.05, 0.1) is 22.3 Å². The van der Waals surface area contributed by atoms with E-state index in [1.165, 1.54) is 30.5 Å². The zero-order chi connectivity index (χ0) is 18.8. The molecular formula is C19H13N5O3. The van der Waals surface area contributed by atoms with E-state index in [2.05, 4.69) is 20.3 Å². The van der Waals surface area contributed by atoms with E-state index in [1.807, 2.05) is 30.3 Å². The molecule has 8 heteroatoms. The molecule has 0 bridgehead atoms. The van der Waals surface area contributed by atoms with E-state index < -0.39 is 10.8 Å². The van der Waals surface area contributed by atoms with E-state index in [9.17, 15) is 14.9 Å². The molecule has 0 atom stereocenters. The highest BCUT2D eigenvalue weighted by atomic mass is 16.6. The topological polar surface area (TPSA) is 114 Å². The second-order valence-electron chi connectivity index (χ2n) is 5.81. The number of anilines is 1. The van der Waals surface area contributed by atoms with Crippen LogP contribution in [0.15, 0.2) is 66.9 Å². The number of H-pyrrole nitrogens is 1. The Morgan fingerprint density at radius 1 is 1.07 bits per heavy atom. The Morgan fingerprint density at radius 3 is 2.67 bits per heavy atom. The van der Waals surface area contributed by atoms with Crippen LogP contribution in [0.3, 0.4) is 0 Å². The first-order valence-corrected chi connectivity index (χ1v) is 8.07. The van der Waals surface area contributed by atoms with Crippen LogP contribution in [0.5, 0.6) is 0 Å². The second-order valence-corrected chi connectivity index (χ2v) is 5.81. The van der Waals surface area contributed by atoms with E-state index in [0.29, 0.717) is 22.7 Å². The second kappa shape index (κ2) is 6.68. The lowest BCUT2D eigenvalue weighted by molar-refractivity contribution is -0.384. The van der Waals surface area contributed by atoms with Crippen molar-refractivity contribution >= 4 is 28.4 Å². The molecular weight excluding hydrogens is 346 g/mol. The van der Waals surface area contributed by atoms with Gasteiger partial charge in [0.25, 0.3) is 11.6 Å². The van der Waals surface area contributed by atoms with Crippen molar-refractivity contribution in [3.05, 3.63) is 82.5 Å². The van der Waals surface area contributed by atoms with Gasteiger partial charge < -0.3 is 10.3 Å². The first-order chi connectivity index (χ1) is 13.1. The molecule has 0 radical (unpaired) electrons. The Morgan fingerprint density at radius 2 is 1.89 bits per heavy atom. The molecule has 0 spiro atoms. The first kappa shape index (κ1) is 16.4. The van der Waals surface area contributed by atoms with Gasteiger partial charge in [-0.25, -0.2) is 9.97 Å². The Hall–Kier alpha value is -4.07. The van der Waals surface area contributed by atoms with Crippen LogP contribution in [-0.2, 0) is 0 Å². The highest BCUT2D eigenvalue weighted by Crippen LogP contribution is 2.21. The summed E-state index contributed by atoms with van der Waals surface area (Å²) in [6.45, 7) is 0. The van der Waals surface area contributed by atoms with Crippen LogP contribution in [0.1, 0.15) is 10.4 Å². The van der Waals surface area contributed by atoms with Gasteiger partial charge in [-0.1, -0.05) is 36.4 Å². The first-order valence-electron chi connectivity index (χ1n) is 8.07. The maximum Gasteiger partial charge on any atom is 0.270 e. The molecule has 0 aliphatic carbocycles. The minimum Gasteiger partial charge on any atom is -0.337 e. The molecule has 2 heterocycles. The number of nitrogens with one attached hydrogen (secondary N) is 2. The number of imidazole rings is 1. The Labute approximate surface area is 153 Å². The van der Waals surface area contributed by atoms with Crippen molar-refractivity contribution in [2.45, 2.75) is 0 Å². The number of pyridine rings is 1. The third kappa shape index (κ3) is 3.36. The molecule has 0 saturated carbocycles. The van der Waals surface area contributed by atoms with Gasteiger partial charge in [-0.05, 0) is 12.1 Å². The summed E-state index contributed by atoms with van der Waals surface area (Å²) in [6, 6.07) is 16.9. The highest BCUT2D eigenvalue weighted by Gasteiger charge is 2.13. The molecule has 0 aliphatic heterocycles. The number of nitrogens with zero attached hydrogens (tertiary/aromatic N) is 3. The highest BCUT2D eigenvalue weighted by molar-refractivity contribution is 6.05. The van der Waals surface area contributed by atoms with Gasteiger partial charge in [0, 0.05) is 23.3 Å². The molecule has 0 unspecified atom stereocenters. The summed E-state index contributed by atoms with van der Waals surface area (Å²) in [5, 5.41) is 13.5. The number of amides is 1. The number of hydrogen-bond acceptors (Lipinski definition) is 5. The lowest BCUT2D eigenvalue weighted by Gasteiger charge is -2.04. The normalized spacial score (nSPS) is 10.7. The lowest BCUT2D eigenvalue weighted by atomic mass is 10.2. The van der Waals surface area contributed by atoms with E-state index in [-0.39, 0.29) is 11.3 Å². The summed E-state index contributed by atoms with van der Waals surface area (Å²) in [4.78, 5) is 34.5. The van der Waals surface area contributed by atoms with Crippen LogP contribution in [0.4, 0.5) is 11.4 Å². The largest absolute Gasteiger partial charge is 0.337 e. The van der Waals surface area contributed by atoms with Crippen molar-refractivity contribution in [3.63, 3.8) is 0 Å². The van der Waals surface area contributed by atoms with E-state index >= 15 is 0 Å². The van der Waals surface area contributed by atoms with Gasteiger partial charge >= 0.3 is 0 Å². The van der Waals surface area contributed by atoms with Crippen molar-refractivity contribution in [1.29, 1.82) is 0 Å². The van der Waals surface area contributed by atoms with Gasteiger partial charge in [0.1, 0.15) is 5.82 Å². The molecule has 1 amide bonds. The van der Waals surface area contributed by atoms with Crippen LogP contribution in [0.2, 0.25) is 0 Å². The standard InChI is InChI=1S/C19H13N5O3/c25-19(13-7-4-8-15(9-13)24(26)27)21-14-10-16-18(20-11-14)23-17(22-16)12-5-2-1-3-6-12/h1-11H,(H,21,25)(H,20,22,23). The number of non-ortho nitro benzene ring substituents is 1. The summed E-state index contributed by atoms with van der Waals surface area (Å²) >= 11 is 0. The van der Waals surface area contributed by atoms with Crippen LogP contribution in [0.25, 0.3) is 22.6 Å². The minimum absolute atomic E-state index is 0.141. The molecule has 8 nitrogen and oxygen atoms in total. The monoisotopic (exact) mass is 359 g/mol. The number of nitro benzene ring substituents is 1. The number of carbonyl (C=O) groups excluding carboxylic acids is 1. The van der Waals surface area contributed by atoms with Gasteiger partial charge in [-0.15, -0.1) is 0 Å². The number of nitro groups is 1. The summed E-state index contributed by atoms with van der Waals surface area (Å²) < 4.78 is 0. The molecule has 0 fully saturated rings. The Bertz CT molecular complexity index is 1150. The quantitative estimate of drug-likeness (QED) is 0.425. The number of fused-ring (bicyclic) bond motifs is 1. The molecule has 27 heavy (non-hydrogen) atoms. The molecule has 132 valence electrons. The minimum atomic E-state index is -0.542. The van der Waals surface area contributed by atoms with Crippen LogP contribution in [0, 0.1) is 10.1 Å². The molecule has 4 aromatic rings. The summed E-state index contributed by atoms with van der Waals surface area (Å²) in [5.41, 5.74) is 2.64. The van der Waals surface area contributed by atoms with Crippen molar-refractivity contribution in [3.8, 4) is 11.4 Å². The summed E-state index contributed by atoms with van der Waals surface area (Å²) in [7, 11) is 0. The van der Waals surface area contributed by atoms with Crippen LogP contribution >= 0.6 is 0 Å². The Kier molecular flexibility index (Phi) is 4.06. The van der Waals surface area contributed by atoms with E-state index in [0.717, 1.165) is 5.56 Å². The lowest BCUT2D eigenvalue weighted by Crippen LogP contribution is -2.12. The van der Waals surface area contributed by atoms with E-state index in [1.54, 1.807) is 6.07 Å². The Balaban J connectivity index is 1.60. The molecule has 2 aromatic heterocycles. The number of benzene rings is 2. The summed E-state index contributed by atoms with van der Waals surface area (Å²) in [6.07, 6.45) is 1.49. The average Bonchev–Trinajstić information content (AvgIpc) is 3.12. The number of rotatable bonds is 4. The zero-order valence-electron chi connectivity index (χ0n) is 13.9. The maximum absolute atomic E-state index is 12.4. The number of carbonyl (C=O) groups is 1. The predicted octanol–water partition coefficient (Wildman–Crippen LogP) is 3.79. The number of aromatic nitrogens is 3. The smallest absolute Gasteiger partial charge is 0.270 e. The van der Waals surface area contributed by atoms with Crippen molar-refractivity contribution in [2.75, 3.05) is 5.32 Å². The fourth-order valence-electron chi connectivity index (χ4n) is 2.67. The fourth-order valence-corrected chi connectivity index (χ4v) is 2.67. The molecule has 2 N–H and O–H groups in total. The van der Waals surface area contributed by atoms with Crippen molar-refractivity contribution in [1.82, 2.24) is 15.0 Å². The van der Waals surface area contributed by atoms with Crippen molar-refractivity contribution in [2.24, 2.45) is 0 Å². The van der Waals surface area contributed by atoms with Crippen LogP contribution < -0.4 is 5.32 Å². The third-order valence-electron chi connectivity index (χ3n) is 3.96. The number of hydrogen-bond donors (Lipinski definition) is 2. The third-order valence-corrected chi connectivity index (χ3v) is 3.96. The average molecular weight is 359 g/mol. The van der Waals surface area contributed by atoms with E-state index in [4.69, 9.17) is 0 Å². The molecule has 0 saturated heterocycles. The molecule has 2 aromatic carbocycles. The van der Waals surface area contributed by atoms with Crippen molar-refractivity contribution < 1.29 is 9.72 Å². The van der Waals surface area contributed by atoms with Gasteiger partial charge in [-0.3, -0.25) is 14.9 Å². The molecule has 0 aliphatic rings. The maximum atomic E-state index is 12.4. The van der Waals surface area contributed by atoms with Gasteiger partial charge in [0.2, 0.25) is 0 Å². The predicted molar refractivity (Wildman–Crippen MR) is 100 cm³/mol. The van der Waals surface area contributed by atoms with Gasteiger partial charge in [0.15, 0.2) is 5.65 Å². The number of aromatic amines is 1. The van der Waals surface area contributed by atoms with Gasteiger partial charge in [-0.2, -0.15) is 0 Å².